The molecule has 1 amide bonds. The second kappa shape index (κ2) is 6.66. The molecule has 0 spiro atoms. The summed E-state index contributed by atoms with van der Waals surface area (Å²) in [5, 5.41) is 0. The Morgan fingerprint density at radius 3 is 2.17 bits per heavy atom. The minimum absolute atomic E-state index is 0.0369. The summed E-state index contributed by atoms with van der Waals surface area (Å²) in [7, 11) is 1.26. The van der Waals surface area contributed by atoms with Crippen molar-refractivity contribution in [1.82, 2.24) is 4.90 Å². The quantitative estimate of drug-likeness (QED) is 0.814. The molecule has 0 aromatic heterocycles. The van der Waals surface area contributed by atoms with Crippen LogP contribution in [0.15, 0.2) is 60.7 Å². The van der Waals surface area contributed by atoms with Gasteiger partial charge in [0.05, 0.1) is 7.11 Å². The second-order valence-corrected chi connectivity index (χ2v) is 5.60. The van der Waals surface area contributed by atoms with Crippen LogP contribution in [0.1, 0.15) is 28.4 Å². The third-order valence-corrected chi connectivity index (χ3v) is 4.16. The van der Waals surface area contributed by atoms with Crippen molar-refractivity contribution in [3.63, 3.8) is 0 Å². The molecule has 1 aliphatic rings. The number of methoxy groups -OCH3 is 1. The van der Waals surface area contributed by atoms with Crippen LogP contribution in [0, 0.1) is 0 Å². The summed E-state index contributed by atoms with van der Waals surface area (Å²) in [4.78, 5) is 39.0. The number of hydrogen-bond donors (Lipinski definition) is 0. The van der Waals surface area contributed by atoms with E-state index in [9.17, 15) is 14.4 Å². The number of carbonyl (C=O) groups excluding carboxylic acids is 3. The monoisotopic (exact) mass is 323 g/mol. The molecule has 0 radical (unpaired) electrons. The van der Waals surface area contributed by atoms with Crippen molar-refractivity contribution in [1.29, 1.82) is 0 Å². The molecule has 1 aliphatic heterocycles. The molecule has 0 aliphatic carbocycles. The summed E-state index contributed by atoms with van der Waals surface area (Å²) in [5.41, 5.74) is 1.13. The van der Waals surface area contributed by atoms with E-state index in [-0.39, 0.29) is 18.1 Å². The van der Waals surface area contributed by atoms with Crippen LogP contribution < -0.4 is 0 Å². The molecule has 3 rings (SSSR count). The van der Waals surface area contributed by atoms with Crippen LogP contribution in [0.25, 0.3) is 0 Å². The lowest BCUT2D eigenvalue weighted by molar-refractivity contribution is -0.145. The lowest BCUT2D eigenvalue weighted by Crippen LogP contribution is -2.42. The fourth-order valence-corrected chi connectivity index (χ4v) is 3.04. The second-order valence-electron chi connectivity index (χ2n) is 5.60. The van der Waals surface area contributed by atoms with Crippen LogP contribution in [-0.4, -0.2) is 35.7 Å². The van der Waals surface area contributed by atoms with Gasteiger partial charge in [0.15, 0.2) is 5.78 Å². The van der Waals surface area contributed by atoms with Gasteiger partial charge in [-0.1, -0.05) is 48.5 Å². The highest BCUT2D eigenvalue weighted by atomic mass is 16.5. The van der Waals surface area contributed by atoms with Gasteiger partial charge < -0.3 is 9.64 Å². The number of hydrogen-bond acceptors (Lipinski definition) is 4. The van der Waals surface area contributed by atoms with Crippen molar-refractivity contribution in [2.75, 3.05) is 7.11 Å². The fraction of sp³-hybridized carbons (Fsp3) is 0.211. The highest BCUT2D eigenvalue weighted by Gasteiger charge is 2.47. The SMILES string of the molecule is COC(=O)[C@H]1CC(=O)[C@@H](c2ccccc2)N1C(=O)c1ccccc1. The van der Waals surface area contributed by atoms with E-state index >= 15 is 0 Å². The van der Waals surface area contributed by atoms with Gasteiger partial charge in [-0.15, -0.1) is 0 Å². The molecule has 0 unspecified atom stereocenters. The van der Waals surface area contributed by atoms with Gasteiger partial charge in [-0.3, -0.25) is 9.59 Å². The molecule has 1 heterocycles. The Balaban J connectivity index is 2.05. The molecule has 122 valence electrons. The van der Waals surface area contributed by atoms with Crippen molar-refractivity contribution in [2.45, 2.75) is 18.5 Å². The zero-order chi connectivity index (χ0) is 17.1. The first kappa shape index (κ1) is 15.9. The van der Waals surface area contributed by atoms with E-state index < -0.39 is 18.1 Å². The molecule has 1 saturated heterocycles. The Kier molecular flexibility index (Phi) is 4.42. The predicted molar refractivity (Wildman–Crippen MR) is 87.2 cm³/mol. The first-order valence-corrected chi connectivity index (χ1v) is 7.66. The van der Waals surface area contributed by atoms with E-state index in [1.165, 1.54) is 12.0 Å². The molecule has 0 saturated carbocycles. The number of rotatable bonds is 3. The molecular formula is C19H17NO4. The zero-order valence-electron chi connectivity index (χ0n) is 13.2. The number of benzene rings is 2. The average Bonchev–Trinajstić information content (AvgIpc) is 2.99. The standard InChI is InChI=1S/C19H17NO4/c1-24-19(23)15-12-16(21)17(13-8-4-2-5-9-13)20(15)18(22)14-10-6-3-7-11-14/h2-11,15,17H,12H2,1H3/t15-,17-/m1/s1. The maximum Gasteiger partial charge on any atom is 0.329 e. The van der Waals surface area contributed by atoms with Gasteiger partial charge in [-0.05, 0) is 17.7 Å². The molecule has 2 aromatic carbocycles. The lowest BCUT2D eigenvalue weighted by Gasteiger charge is -2.28. The third kappa shape index (κ3) is 2.80. The van der Waals surface area contributed by atoms with Crippen LogP contribution in [-0.2, 0) is 14.3 Å². The van der Waals surface area contributed by atoms with Gasteiger partial charge in [-0.25, -0.2) is 4.79 Å². The Morgan fingerprint density at radius 1 is 1.00 bits per heavy atom. The molecule has 0 N–H and O–H groups in total. The summed E-state index contributed by atoms with van der Waals surface area (Å²) in [6.07, 6.45) is -0.0369. The normalized spacial score (nSPS) is 20.0. The Bertz CT molecular complexity index is 757. The highest BCUT2D eigenvalue weighted by Crippen LogP contribution is 2.35. The summed E-state index contributed by atoms with van der Waals surface area (Å²) in [5.74, 6) is -1.10. The Morgan fingerprint density at radius 2 is 1.58 bits per heavy atom. The number of Topliss-reactive ketones (excluding diaryl/α,β-unsaturated/α-hetero) is 1. The summed E-state index contributed by atoms with van der Waals surface area (Å²) in [6.45, 7) is 0. The van der Waals surface area contributed by atoms with Crippen molar-refractivity contribution in [2.24, 2.45) is 0 Å². The van der Waals surface area contributed by atoms with E-state index in [2.05, 4.69) is 0 Å². The van der Waals surface area contributed by atoms with E-state index in [0.29, 0.717) is 11.1 Å². The number of likely N-dealkylation sites (tertiary alicyclic amines) is 1. The molecule has 5 heteroatoms. The van der Waals surface area contributed by atoms with E-state index in [0.717, 1.165) is 0 Å². The number of ether oxygens (including phenoxy) is 1. The molecular weight excluding hydrogens is 306 g/mol. The van der Waals surface area contributed by atoms with Gasteiger partial charge in [0.25, 0.3) is 5.91 Å². The van der Waals surface area contributed by atoms with Crippen molar-refractivity contribution >= 4 is 17.7 Å². The topological polar surface area (TPSA) is 63.7 Å². The minimum atomic E-state index is -0.902. The Labute approximate surface area is 139 Å². The first-order valence-electron chi connectivity index (χ1n) is 7.66. The lowest BCUT2D eigenvalue weighted by atomic mass is 10.0. The van der Waals surface area contributed by atoms with Crippen LogP contribution in [0.2, 0.25) is 0 Å². The molecule has 0 bridgehead atoms. The summed E-state index contributed by atoms with van der Waals surface area (Å²) < 4.78 is 4.80. The Hall–Kier alpha value is -2.95. The first-order chi connectivity index (χ1) is 11.6. The van der Waals surface area contributed by atoms with Gasteiger partial charge in [0, 0.05) is 12.0 Å². The van der Waals surface area contributed by atoms with E-state index in [4.69, 9.17) is 4.74 Å². The fourth-order valence-electron chi connectivity index (χ4n) is 3.04. The zero-order valence-corrected chi connectivity index (χ0v) is 13.2. The molecule has 24 heavy (non-hydrogen) atoms. The maximum atomic E-state index is 13.0. The smallest absolute Gasteiger partial charge is 0.329 e. The molecule has 5 nitrogen and oxygen atoms in total. The predicted octanol–water partition coefficient (Wildman–Crippen LogP) is 2.38. The molecule has 1 fully saturated rings. The van der Waals surface area contributed by atoms with Crippen LogP contribution in [0.5, 0.6) is 0 Å². The van der Waals surface area contributed by atoms with E-state index in [1.54, 1.807) is 54.6 Å². The number of carbonyl (C=O) groups is 3. The van der Waals surface area contributed by atoms with Gasteiger partial charge in [-0.2, -0.15) is 0 Å². The van der Waals surface area contributed by atoms with Crippen molar-refractivity contribution in [3.8, 4) is 0 Å². The van der Waals surface area contributed by atoms with Crippen LogP contribution in [0.3, 0.4) is 0 Å². The third-order valence-electron chi connectivity index (χ3n) is 4.16. The maximum absolute atomic E-state index is 13.0. The highest BCUT2D eigenvalue weighted by molar-refractivity contribution is 6.04. The number of amides is 1. The van der Waals surface area contributed by atoms with Crippen molar-refractivity contribution < 1.29 is 19.1 Å². The molecule has 2 atom stereocenters. The van der Waals surface area contributed by atoms with Gasteiger partial charge >= 0.3 is 5.97 Å². The van der Waals surface area contributed by atoms with E-state index in [1.807, 2.05) is 6.07 Å². The van der Waals surface area contributed by atoms with Gasteiger partial charge in [0.2, 0.25) is 0 Å². The number of nitrogens with zero attached hydrogens (tertiary/aromatic N) is 1. The largest absolute Gasteiger partial charge is 0.467 e. The summed E-state index contributed by atoms with van der Waals surface area (Å²) in [6, 6.07) is 16.0. The minimum Gasteiger partial charge on any atom is -0.467 e. The number of ketones is 1. The van der Waals surface area contributed by atoms with Crippen LogP contribution >= 0.6 is 0 Å². The van der Waals surface area contributed by atoms with Crippen molar-refractivity contribution in [3.05, 3.63) is 71.8 Å². The number of esters is 1. The molecule has 2 aromatic rings. The van der Waals surface area contributed by atoms with Crippen LogP contribution in [0.4, 0.5) is 0 Å². The average molecular weight is 323 g/mol. The van der Waals surface area contributed by atoms with Gasteiger partial charge in [0.1, 0.15) is 12.1 Å². The summed E-state index contributed by atoms with van der Waals surface area (Å²) >= 11 is 0.